The molecule has 34 heavy (non-hydrogen) atoms. The Balaban J connectivity index is 1.60. The van der Waals surface area contributed by atoms with Crippen LogP contribution in [0.4, 0.5) is 17.5 Å². The van der Waals surface area contributed by atoms with E-state index in [-0.39, 0.29) is 6.04 Å². The predicted molar refractivity (Wildman–Crippen MR) is 132 cm³/mol. The molecule has 0 unspecified atom stereocenters. The van der Waals surface area contributed by atoms with Crippen molar-refractivity contribution < 1.29 is 17.9 Å². The molecule has 2 fully saturated rings. The molecule has 1 aromatic carbocycles. The van der Waals surface area contributed by atoms with Crippen LogP contribution in [0.3, 0.4) is 0 Å². The van der Waals surface area contributed by atoms with Crippen LogP contribution in [0, 0.1) is 0 Å². The number of nitrogens with zero attached hydrogens (tertiary/aromatic N) is 5. The summed E-state index contributed by atoms with van der Waals surface area (Å²) in [6.07, 6.45) is 1.13. The fourth-order valence-electron chi connectivity index (χ4n) is 4.27. The number of morpholine rings is 2. The number of hydrogen-bond donors (Lipinski definition) is 1. The number of pyridine rings is 1. The molecule has 2 saturated heterocycles. The van der Waals surface area contributed by atoms with Gasteiger partial charge in [0.05, 0.1) is 49.8 Å². The lowest BCUT2D eigenvalue weighted by molar-refractivity contribution is 0.0981. The molecule has 0 bridgehead atoms. The Kier molecular flexibility index (Phi) is 6.24. The highest BCUT2D eigenvalue weighted by molar-refractivity contribution is 7.92. The van der Waals surface area contributed by atoms with Crippen molar-refractivity contribution in [2.75, 3.05) is 66.8 Å². The molecule has 0 amide bonds. The molecule has 3 aromatic rings. The number of rotatable bonds is 5. The molecule has 5 rings (SSSR count). The molecule has 0 radical (unpaired) electrons. The quantitative estimate of drug-likeness (QED) is 0.582. The van der Waals surface area contributed by atoms with E-state index < -0.39 is 10.0 Å². The van der Waals surface area contributed by atoms with E-state index in [2.05, 4.69) is 21.4 Å². The summed E-state index contributed by atoms with van der Waals surface area (Å²) < 4.78 is 37.0. The van der Waals surface area contributed by atoms with E-state index >= 15 is 0 Å². The molecular weight excluding hydrogens is 456 g/mol. The molecule has 0 saturated carbocycles. The Morgan fingerprint density at radius 1 is 1.00 bits per heavy atom. The van der Waals surface area contributed by atoms with E-state index in [9.17, 15) is 8.42 Å². The molecule has 2 aromatic heterocycles. The zero-order valence-corrected chi connectivity index (χ0v) is 20.1. The normalized spacial score (nSPS) is 19.4. The van der Waals surface area contributed by atoms with Crippen LogP contribution < -0.4 is 14.5 Å². The maximum Gasteiger partial charge on any atom is 0.229 e. The minimum absolute atomic E-state index is 0.158. The van der Waals surface area contributed by atoms with E-state index in [0.29, 0.717) is 55.9 Å². The fraction of sp³-hybridized carbons (Fsp3) is 0.435. The highest BCUT2D eigenvalue weighted by atomic mass is 32.2. The van der Waals surface area contributed by atoms with Crippen LogP contribution in [-0.4, -0.2) is 81.7 Å². The van der Waals surface area contributed by atoms with Gasteiger partial charge in [-0.2, -0.15) is 9.97 Å². The highest BCUT2D eigenvalue weighted by Crippen LogP contribution is 2.30. The maximum atomic E-state index is 11.7. The summed E-state index contributed by atoms with van der Waals surface area (Å²) >= 11 is 0. The fourth-order valence-corrected chi connectivity index (χ4v) is 4.82. The number of aromatic nitrogens is 3. The monoisotopic (exact) mass is 484 g/mol. The van der Waals surface area contributed by atoms with Crippen LogP contribution in [0.2, 0.25) is 0 Å². The SMILES string of the molecule is C[C@H]1COCCN1c1nc(N2CCOCC2)c2ccc(-c3cccc(NS(C)(=O)=O)c3)nc2n1. The van der Waals surface area contributed by atoms with Gasteiger partial charge in [0, 0.05) is 30.9 Å². The van der Waals surface area contributed by atoms with Gasteiger partial charge in [-0.1, -0.05) is 12.1 Å². The topological polar surface area (TPSA) is 110 Å². The van der Waals surface area contributed by atoms with Crippen molar-refractivity contribution in [2.45, 2.75) is 13.0 Å². The van der Waals surface area contributed by atoms with Gasteiger partial charge >= 0.3 is 0 Å². The smallest absolute Gasteiger partial charge is 0.229 e. The average Bonchev–Trinajstić information content (AvgIpc) is 2.83. The largest absolute Gasteiger partial charge is 0.378 e. The van der Waals surface area contributed by atoms with Crippen molar-refractivity contribution in [3.05, 3.63) is 36.4 Å². The standard InChI is InChI=1S/C23H28N6O4S/c1-16-15-33-13-10-29(16)23-25-21-19(22(26-23)28-8-11-32-12-9-28)6-7-20(24-21)17-4-3-5-18(14-17)27-34(2,30)31/h3-7,14,16,27H,8-13,15H2,1-2H3/t16-/m0/s1. The lowest BCUT2D eigenvalue weighted by atomic mass is 10.1. The second kappa shape index (κ2) is 9.32. The zero-order chi connectivity index (χ0) is 23.7. The second-order valence-electron chi connectivity index (χ2n) is 8.59. The summed E-state index contributed by atoms with van der Waals surface area (Å²) in [4.78, 5) is 19.1. The van der Waals surface area contributed by atoms with Crippen LogP contribution in [0.1, 0.15) is 6.92 Å². The third-order valence-corrected chi connectivity index (χ3v) is 6.53. The van der Waals surface area contributed by atoms with E-state index in [4.69, 9.17) is 24.4 Å². The zero-order valence-electron chi connectivity index (χ0n) is 19.3. The molecule has 1 atom stereocenters. The number of benzene rings is 1. The average molecular weight is 485 g/mol. The molecule has 10 nitrogen and oxygen atoms in total. The van der Waals surface area contributed by atoms with Crippen molar-refractivity contribution in [3.63, 3.8) is 0 Å². The molecule has 11 heteroatoms. The Hall–Kier alpha value is -3.02. The van der Waals surface area contributed by atoms with Gasteiger partial charge in [0.25, 0.3) is 0 Å². The maximum absolute atomic E-state index is 11.7. The lowest BCUT2D eigenvalue weighted by Gasteiger charge is -2.34. The van der Waals surface area contributed by atoms with Crippen molar-refractivity contribution >= 4 is 38.5 Å². The molecule has 2 aliphatic heterocycles. The first-order valence-electron chi connectivity index (χ1n) is 11.3. The van der Waals surface area contributed by atoms with Gasteiger partial charge in [-0.15, -0.1) is 0 Å². The highest BCUT2D eigenvalue weighted by Gasteiger charge is 2.25. The number of fused-ring (bicyclic) bond motifs is 1. The van der Waals surface area contributed by atoms with Crippen LogP contribution in [0.5, 0.6) is 0 Å². The van der Waals surface area contributed by atoms with Gasteiger partial charge in [-0.3, -0.25) is 4.72 Å². The number of hydrogen-bond acceptors (Lipinski definition) is 9. The number of anilines is 3. The van der Waals surface area contributed by atoms with E-state index in [1.165, 1.54) is 0 Å². The minimum atomic E-state index is -3.37. The molecule has 2 aliphatic rings. The van der Waals surface area contributed by atoms with Gasteiger partial charge in [0.15, 0.2) is 5.65 Å². The minimum Gasteiger partial charge on any atom is -0.378 e. The van der Waals surface area contributed by atoms with Gasteiger partial charge < -0.3 is 19.3 Å². The molecule has 180 valence electrons. The second-order valence-corrected chi connectivity index (χ2v) is 10.3. The first-order chi connectivity index (χ1) is 16.4. The van der Waals surface area contributed by atoms with Gasteiger partial charge in [0.1, 0.15) is 5.82 Å². The van der Waals surface area contributed by atoms with Gasteiger partial charge in [-0.25, -0.2) is 13.4 Å². The number of sulfonamides is 1. The van der Waals surface area contributed by atoms with Crippen molar-refractivity contribution in [1.82, 2.24) is 15.0 Å². The lowest BCUT2D eigenvalue weighted by Crippen LogP contribution is -2.45. The van der Waals surface area contributed by atoms with E-state index in [1.54, 1.807) is 18.2 Å². The summed E-state index contributed by atoms with van der Waals surface area (Å²) in [6.45, 7) is 6.89. The Morgan fingerprint density at radius 3 is 2.56 bits per heavy atom. The van der Waals surface area contributed by atoms with E-state index in [0.717, 1.165) is 36.1 Å². The number of nitrogens with one attached hydrogen (secondary N) is 1. The summed E-state index contributed by atoms with van der Waals surface area (Å²) in [7, 11) is -3.37. The molecule has 0 aliphatic carbocycles. The summed E-state index contributed by atoms with van der Waals surface area (Å²) in [5.41, 5.74) is 2.59. The van der Waals surface area contributed by atoms with Crippen LogP contribution in [0.15, 0.2) is 36.4 Å². The summed E-state index contributed by atoms with van der Waals surface area (Å²) in [6, 6.07) is 11.3. The predicted octanol–water partition coefficient (Wildman–Crippen LogP) is 2.12. The molecule has 4 heterocycles. The third kappa shape index (κ3) is 4.91. The van der Waals surface area contributed by atoms with Gasteiger partial charge in [-0.05, 0) is 31.2 Å². The first-order valence-corrected chi connectivity index (χ1v) is 13.2. The molecular formula is C23H28N6O4S. The molecule has 1 N–H and O–H groups in total. The molecule has 0 spiro atoms. The Bertz CT molecular complexity index is 1300. The summed E-state index contributed by atoms with van der Waals surface area (Å²) in [5.74, 6) is 1.50. The first kappa shape index (κ1) is 22.8. The number of ether oxygens (including phenoxy) is 2. The van der Waals surface area contributed by atoms with Crippen molar-refractivity contribution in [2.24, 2.45) is 0 Å². The summed E-state index contributed by atoms with van der Waals surface area (Å²) in [5, 5.41) is 0.876. The van der Waals surface area contributed by atoms with E-state index in [1.807, 2.05) is 18.2 Å². The van der Waals surface area contributed by atoms with Crippen LogP contribution in [0.25, 0.3) is 22.3 Å². The van der Waals surface area contributed by atoms with Gasteiger partial charge in [0.2, 0.25) is 16.0 Å². The Labute approximate surface area is 199 Å². The van der Waals surface area contributed by atoms with Crippen LogP contribution >= 0.6 is 0 Å². The van der Waals surface area contributed by atoms with Crippen LogP contribution in [-0.2, 0) is 19.5 Å². The van der Waals surface area contributed by atoms with Crippen molar-refractivity contribution in [1.29, 1.82) is 0 Å². The Morgan fingerprint density at radius 2 is 1.79 bits per heavy atom. The van der Waals surface area contributed by atoms with Crippen molar-refractivity contribution in [3.8, 4) is 11.3 Å². The third-order valence-electron chi connectivity index (χ3n) is 5.92.